The van der Waals surface area contributed by atoms with Gasteiger partial charge in [0.2, 0.25) is 0 Å². The summed E-state index contributed by atoms with van der Waals surface area (Å²) in [7, 11) is 1.92. The molecule has 4 nitrogen and oxygen atoms in total. The molecule has 0 amide bonds. The van der Waals surface area contributed by atoms with E-state index in [0.29, 0.717) is 12.1 Å². The van der Waals surface area contributed by atoms with Gasteiger partial charge in [0.25, 0.3) is 0 Å². The lowest BCUT2D eigenvalue weighted by molar-refractivity contribution is -0.149. The average molecular weight is 228 g/mol. The Morgan fingerprint density at radius 1 is 1.50 bits per heavy atom. The highest BCUT2D eigenvalue weighted by atomic mass is 16.4. The molecule has 1 heterocycles. The first-order valence-corrected chi connectivity index (χ1v) is 5.97. The van der Waals surface area contributed by atoms with Crippen molar-refractivity contribution in [3.8, 4) is 0 Å². The van der Waals surface area contributed by atoms with E-state index in [-0.39, 0.29) is 0 Å². The van der Waals surface area contributed by atoms with Crippen LogP contribution in [0.25, 0.3) is 0 Å². The highest BCUT2D eigenvalue weighted by Crippen LogP contribution is 2.23. The topological polar surface area (TPSA) is 43.8 Å². The van der Waals surface area contributed by atoms with Crippen molar-refractivity contribution in [3.63, 3.8) is 0 Å². The van der Waals surface area contributed by atoms with Crippen molar-refractivity contribution in [2.75, 3.05) is 20.1 Å². The summed E-state index contributed by atoms with van der Waals surface area (Å²) in [6.07, 6.45) is 1.06. The molecule has 4 heteroatoms. The number of hydrogen-bond acceptors (Lipinski definition) is 3. The molecular formula is C12H24N2O2. The van der Waals surface area contributed by atoms with Crippen molar-refractivity contribution < 1.29 is 9.90 Å². The third-order valence-electron chi connectivity index (χ3n) is 3.88. The van der Waals surface area contributed by atoms with E-state index in [2.05, 4.69) is 18.7 Å². The van der Waals surface area contributed by atoms with Crippen LogP contribution < -0.4 is 0 Å². The van der Waals surface area contributed by atoms with E-state index in [9.17, 15) is 9.90 Å². The van der Waals surface area contributed by atoms with E-state index >= 15 is 0 Å². The molecule has 0 aromatic carbocycles. The molecule has 1 N–H and O–H groups in total. The SMILES string of the molecule is CC(C)N1CCC(N(C)C(C)(C)C(=O)O)C1. The minimum Gasteiger partial charge on any atom is -0.480 e. The van der Waals surface area contributed by atoms with Crippen molar-refractivity contribution in [3.05, 3.63) is 0 Å². The van der Waals surface area contributed by atoms with Gasteiger partial charge in [-0.2, -0.15) is 0 Å². The summed E-state index contributed by atoms with van der Waals surface area (Å²) in [6.45, 7) is 9.96. The number of carboxylic acid groups (broad SMARTS) is 1. The number of nitrogens with zero attached hydrogens (tertiary/aromatic N) is 2. The van der Waals surface area contributed by atoms with Crippen LogP contribution >= 0.6 is 0 Å². The number of aliphatic carboxylic acids is 1. The van der Waals surface area contributed by atoms with Gasteiger partial charge >= 0.3 is 5.97 Å². The highest BCUT2D eigenvalue weighted by Gasteiger charge is 2.38. The Bertz CT molecular complexity index is 264. The summed E-state index contributed by atoms with van der Waals surface area (Å²) in [6, 6.07) is 0.903. The molecule has 0 saturated carbocycles. The fourth-order valence-electron chi connectivity index (χ4n) is 2.16. The lowest BCUT2D eigenvalue weighted by Gasteiger charge is -2.36. The van der Waals surface area contributed by atoms with Gasteiger partial charge < -0.3 is 5.11 Å². The van der Waals surface area contributed by atoms with Gasteiger partial charge in [-0.1, -0.05) is 0 Å². The zero-order valence-corrected chi connectivity index (χ0v) is 11.0. The molecule has 1 aliphatic heterocycles. The third kappa shape index (κ3) is 2.55. The number of likely N-dealkylation sites (N-methyl/N-ethyl adjacent to an activating group) is 1. The van der Waals surface area contributed by atoms with Crippen LogP contribution in [0.2, 0.25) is 0 Å². The highest BCUT2D eigenvalue weighted by molar-refractivity contribution is 5.77. The normalized spacial score (nSPS) is 23.3. The molecule has 0 spiro atoms. The Balaban J connectivity index is 2.64. The zero-order valence-electron chi connectivity index (χ0n) is 11.0. The Kier molecular flexibility index (Phi) is 3.97. The van der Waals surface area contributed by atoms with E-state index in [1.807, 2.05) is 11.9 Å². The predicted molar refractivity (Wildman–Crippen MR) is 64.6 cm³/mol. The average Bonchev–Trinajstić information content (AvgIpc) is 2.64. The van der Waals surface area contributed by atoms with Crippen LogP contribution in [0.3, 0.4) is 0 Å². The molecule has 0 aliphatic carbocycles. The fraction of sp³-hybridized carbons (Fsp3) is 0.917. The quantitative estimate of drug-likeness (QED) is 0.787. The lowest BCUT2D eigenvalue weighted by atomic mass is 10.0. The van der Waals surface area contributed by atoms with Gasteiger partial charge in [0.05, 0.1) is 0 Å². The number of carboxylic acids is 1. The first-order chi connectivity index (χ1) is 7.26. The van der Waals surface area contributed by atoms with Gasteiger partial charge in [-0.05, 0) is 41.2 Å². The van der Waals surface area contributed by atoms with Crippen LogP contribution in [0, 0.1) is 0 Å². The first kappa shape index (κ1) is 13.5. The molecule has 1 rings (SSSR count). The number of hydrogen-bond donors (Lipinski definition) is 1. The zero-order chi connectivity index (χ0) is 12.5. The Morgan fingerprint density at radius 2 is 2.06 bits per heavy atom. The number of rotatable bonds is 4. The second kappa shape index (κ2) is 4.72. The third-order valence-corrected chi connectivity index (χ3v) is 3.88. The monoisotopic (exact) mass is 228 g/mol. The standard InChI is InChI=1S/C12H24N2O2/c1-9(2)14-7-6-10(8-14)13(5)12(3,4)11(15)16/h9-10H,6-8H2,1-5H3,(H,15,16). The smallest absolute Gasteiger partial charge is 0.323 e. The molecule has 16 heavy (non-hydrogen) atoms. The molecule has 1 aliphatic rings. The van der Waals surface area contributed by atoms with Crippen LogP contribution in [-0.2, 0) is 4.79 Å². The van der Waals surface area contributed by atoms with E-state index in [4.69, 9.17) is 0 Å². The fourth-order valence-corrected chi connectivity index (χ4v) is 2.16. The largest absolute Gasteiger partial charge is 0.480 e. The Labute approximate surface area is 98.2 Å². The summed E-state index contributed by atoms with van der Waals surface area (Å²) >= 11 is 0. The van der Waals surface area contributed by atoms with Crippen LogP contribution in [0.5, 0.6) is 0 Å². The second-order valence-corrected chi connectivity index (χ2v) is 5.51. The minimum atomic E-state index is -0.780. The Hall–Kier alpha value is -0.610. The van der Waals surface area contributed by atoms with Crippen LogP contribution in [-0.4, -0.2) is 58.6 Å². The van der Waals surface area contributed by atoms with Crippen LogP contribution in [0.15, 0.2) is 0 Å². The number of carbonyl (C=O) groups is 1. The summed E-state index contributed by atoms with van der Waals surface area (Å²) in [5.74, 6) is -0.752. The maximum Gasteiger partial charge on any atom is 0.323 e. The van der Waals surface area contributed by atoms with Crippen LogP contribution in [0.4, 0.5) is 0 Å². The summed E-state index contributed by atoms with van der Waals surface area (Å²) in [5, 5.41) is 9.19. The van der Waals surface area contributed by atoms with E-state index < -0.39 is 11.5 Å². The molecule has 0 bridgehead atoms. The second-order valence-electron chi connectivity index (χ2n) is 5.51. The van der Waals surface area contributed by atoms with Gasteiger partial charge in [-0.15, -0.1) is 0 Å². The molecule has 94 valence electrons. The maximum absolute atomic E-state index is 11.2. The van der Waals surface area contributed by atoms with Crippen molar-refractivity contribution in [1.82, 2.24) is 9.80 Å². The summed E-state index contributed by atoms with van der Waals surface area (Å²) in [5.41, 5.74) is -0.780. The van der Waals surface area contributed by atoms with E-state index in [1.165, 1.54) is 0 Å². The predicted octanol–water partition coefficient (Wildman–Crippen LogP) is 1.26. The summed E-state index contributed by atoms with van der Waals surface area (Å²) < 4.78 is 0. The minimum absolute atomic E-state index is 0.355. The molecule has 0 aromatic rings. The number of likely N-dealkylation sites (tertiary alicyclic amines) is 1. The maximum atomic E-state index is 11.2. The lowest BCUT2D eigenvalue weighted by Crippen LogP contribution is -2.53. The van der Waals surface area contributed by atoms with E-state index in [0.717, 1.165) is 19.5 Å². The van der Waals surface area contributed by atoms with Crippen molar-refractivity contribution >= 4 is 5.97 Å². The molecule has 1 atom stereocenters. The van der Waals surface area contributed by atoms with Gasteiger partial charge in [0.15, 0.2) is 0 Å². The molecule has 0 radical (unpaired) electrons. The van der Waals surface area contributed by atoms with Crippen molar-refractivity contribution in [2.45, 2.75) is 51.7 Å². The van der Waals surface area contributed by atoms with Gasteiger partial charge in [-0.3, -0.25) is 14.6 Å². The molecule has 1 unspecified atom stereocenters. The molecule has 1 fully saturated rings. The van der Waals surface area contributed by atoms with Crippen molar-refractivity contribution in [1.29, 1.82) is 0 Å². The first-order valence-electron chi connectivity index (χ1n) is 5.97. The van der Waals surface area contributed by atoms with Crippen molar-refractivity contribution in [2.24, 2.45) is 0 Å². The Morgan fingerprint density at radius 3 is 2.44 bits per heavy atom. The van der Waals surface area contributed by atoms with Gasteiger partial charge in [-0.25, -0.2) is 0 Å². The summed E-state index contributed by atoms with van der Waals surface area (Å²) in [4.78, 5) is 15.6. The molecule has 1 saturated heterocycles. The molecule has 0 aromatic heterocycles. The van der Waals surface area contributed by atoms with Gasteiger partial charge in [0, 0.05) is 25.2 Å². The van der Waals surface area contributed by atoms with Crippen LogP contribution in [0.1, 0.15) is 34.1 Å². The van der Waals surface area contributed by atoms with Gasteiger partial charge in [0.1, 0.15) is 5.54 Å². The van der Waals surface area contributed by atoms with E-state index in [1.54, 1.807) is 13.8 Å². The molecular weight excluding hydrogens is 204 g/mol.